The molecule has 2 aliphatic rings. The summed E-state index contributed by atoms with van der Waals surface area (Å²) in [4.78, 5) is 27.2. The Balaban J connectivity index is 1.48. The number of rotatable bonds is 5. The Morgan fingerprint density at radius 2 is 1.82 bits per heavy atom. The third kappa shape index (κ3) is 3.27. The minimum absolute atomic E-state index is 0.0287. The molecule has 8 heteroatoms. The fourth-order valence-corrected chi connectivity index (χ4v) is 3.94. The summed E-state index contributed by atoms with van der Waals surface area (Å²) < 4.78 is 13.9. The van der Waals surface area contributed by atoms with E-state index < -0.39 is 0 Å². The van der Waals surface area contributed by atoms with Crippen molar-refractivity contribution in [1.29, 1.82) is 0 Å². The van der Waals surface area contributed by atoms with E-state index in [1.807, 2.05) is 9.47 Å². The number of hydrogen-bond acceptors (Lipinski definition) is 5. The third-order valence-electron chi connectivity index (χ3n) is 5.68. The minimum Gasteiger partial charge on any atom is -0.497 e. The van der Waals surface area contributed by atoms with E-state index in [-0.39, 0.29) is 17.5 Å². The van der Waals surface area contributed by atoms with Gasteiger partial charge < -0.3 is 14.4 Å². The molecule has 1 aromatic carbocycles. The molecule has 0 N–H and O–H groups in total. The Bertz CT molecular complexity index is 936. The normalized spacial score (nSPS) is 17.6. The van der Waals surface area contributed by atoms with E-state index in [0.717, 1.165) is 31.5 Å². The van der Waals surface area contributed by atoms with Crippen LogP contribution in [0.4, 0.5) is 0 Å². The van der Waals surface area contributed by atoms with Gasteiger partial charge in [-0.05, 0) is 37.8 Å². The summed E-state index contributed by atoms with van der Waals surface area (Å²) in [7, 11) is 4.84. The molecule has 0 bridgehead atoms. The molecule has 1 aliphatic carbocycles. The van der Waals surface area contributed by atoms with E-state index >= 15 is 0 Å². The van der Waals surface area contributed by atoms with Crippen molar-refractivity contribution in [1.82, 2.24) is 19.2 Å². The lowest BCUT2D eigenvalue weighted by Crippen LogP contribution is -2.38. The highest BCUT2D eigenvalue weighted by Crippen LogP contribution is 2.37. The van der Waals surface area contributed by atoms with Gasteiger partial charge in [-0.25, -0.2) is 9.48 Å². The molecule has 1 aromatic heterocycles. The van der Waals surface area contributed by atoms with Gasteiger partial charge in [-0.15, -0.1) is 0 Å². The third-order valence-corrected chi connectivity index (χ3v) is 5.68. The molecule has 4 rings (SSSR count). The molecule has 150 valence electrons. The molecule has 0 unspecified atom stereocenters. The summed E-state index contributed by atoms with van der Waals surface area (Å²) in [5, 5.41) is 4.50. The Kier molecular flexibility index (Phi) is 4.87. The highest BCUT2D eigenvalue weighted by atomic mass is 16.5. The lowest BCUT2D eigenvalue weighted by molar-refractivity contribution is 0.0706. The summed E-state index contributed by atoms with van der Waals surface area (Å²) in [5.74, 6) is 2.21. The fourth-order valence-electron chi connectivity index (χ4n) is 3.94. The van der Waals surface area contributed by atoms with Gasteiger partial charge in [0, 0.05) is 38.2 Å². The first-order chi connectivity index (χ1) is 13.5. The number of amides is 1. The van der Waals surface area contributed by atoms with E-state index in [4.69, 9.17) is 9.47 Å². The maximum atomic E-state index is 13.0. The average molecular weight is 386 g/mol. The number of likely N-dealkylation sites (tertiary alicyclic amines) is 1. The monoisotopic (exact) mass is 386 g/mol. The summed E-state index contributed by atoms with van der Waals surface area (Å²) >= 11 is 0. The van der Waals surface area contributed by atoms with Crippen LogP contribution >= 0.6 is 0 Å². The predicted octanol–water partition coefficient (Wildman–Crippen LogP) is 1.95. The van der Waals surface area contributed by atoms with Crippen molar-refractivity contribution in [2.24, 2.45) is 7.05 Å². The van der Waals surface area contributed by atoms with Crippen molar-refractivity contribution in [2.75, 3.05) is 27.3 Å². The molecule has 2 aromatic rings. The van der Waals surface area contributed by atoms with Gasteiger partial charge in [-0.2, -0.15) is 5.10 Å². The van der Waals surface area contributed by atoms with Crippen LogP contribution in [0.3, 0.4) is 0 Å². The topological polar surface area (TPSA) is 78.6 Å². The number of benzene rings is 1. The van der Waals surface area contributed by atoms with Crippen molar-refractivity contribution >= 4 is 5.91 Å². The first kappa shape index (κ1) is 18.6. The number of ether oxygens (including phenoxy) is 2. The highest BCUT2D eigenvalue weighted by molar-refractivity contribution is 5.97. The Morgan fingerprint density at radius 3 is 2.43 bits per heavy atom. The fraction of sp³-hybridized carbons (Fsp3) is 0.550. The lowest BCUT2D eigenvalue weighted by atomic mass is 9.95. The number of aromatic nitrogens is 3. The number of hydrogen-bond donors (Lipinski definition) is 0. The smallest absolute Gasteiger partial charge is 0.345 e. The van der Waals surface area contributed by atoms with Crippen molar-refractivity contribution in [3.8, 4) is 11.5 Å². The van der Waals surface area contributed by atoms with Crippen molar-refractivity contribution in [3.05, 3.63) is 40.1 Å². The van der Waals surface area contributed by atoms with E-state index in [0.29, 0.717) is 36.2 Å². The lowest BCUT2D eigenvalue weighted by Gasteiger charge is -2.32. The van der Waals surface area contributed by atoms with Gasteiger partial charge in [0.1, 0.15) is 17.3 Å². The quantitative estimate of drug-likeness (QED) is 0.785. The Hall–Kier alpha value is -2.77. The number of carbonyl (C=O) groups excluding carboxylic acids is 1. The Morgan fingerprint density at radius 1 is 1.11 bits per heavy atom. The molecule has 1 amide bonds. The maximum Gasteiger partial charge on any atom is 0.345 e. The molecule has 1 saturated carbocycles. The van der Waals surface area contributed by atoms with Crippen LogP contribution in [0.5, 0.6) is 11.5 Å². The SMILES string of the molecule is COc1ccc(C(=O)N2CCC(c3nn(C)c(=O)n3C3CC3)CC2)c(OC)c1. The second-order valence-corrected chi connectivity index (χ2v) is 7.50. The first-order valence-corrected chi connectivity index (χ1v) is 9.70. The van der Waals surface area contributed by atoms with Crippen molar-refractivity contribution in [2.45, 2.75) is 37.6 Å². The molecule has 1 aliphatic heterocycles. The van der Waals surface area contributed by atoms with Crippen molar-refractivity contribution < 1.29 is 14.3 Å². The molecule has 2 heterocycles. The minimum atomic E-state index is -0.0430. The van der Waals surface area contributed by atoms with Crippen LogP contribution in [-0.2, 0) is 7.05 Å². The van der Waals surface area contributed by atoms with Gasteiger partial charge in [-0.1, -0.05) is 0 Å². The van der Waals surface area contributed by atoms with Crippen LogP contribution in [-0.4, -0.2) is 52.5 Å². The number of nitrogens with zero attached hydrogens (tertiary/aromatic N) is 4. The second-order valence-electron chi connectivity index (χ2n) is 7.50. The first-order valence-electron chi connectivity index (χ1n) is 9.70. The average Bonchev–Trinajstić information content (AvgIpc) is 3.52. The van der Waals surface area contributed by atoms with Gasteiger partial charge in [0.05, 0.1) is 19.8 Å². The zero-order valence-electron chi connectivity index (χ0n) is 16.6. The van der Waals surface area contributed by atoms with E-state index in [2.05, 4.69) is 5.10 Å². The zero-order chi connectivity index (χ0) is 19.8. The number of piperidine rings is 1. The van der Waals surface area contributed by atoms with Gasteiger partial charge in [0.2, 0.25) is 0 Å². The van der Waals surface area contributed by atoms with E-state index in [1.165, 1.54) is 4.68 Å². The Labute approximate surface area is 163 Å². The van der Waals surface area contributed by atoms with Gasteiger partial charge in [-0.3, -0.25) is 9.36 Å². The summed E-state index contributed by atoms with van der Waals surface area (Å²) in [6.45, 7) is 1.27. The summed E-state index contributed by atoms with van der Waals surface area (Å²) in [6.07, 6.45) is 3.70. The van der Waals surface area contributed by atoms with Crippen LogP contribution in [0.1, 0.15) is 53.8 Å². The van der Waals surface area contributed by atoms with E-state index in [9.17, 15) is 9.59 Å². The number of carbonyl (C=O) groups is 1. The van der Waals surface area contributed by atoms with Crippen molar-refractivity contribution in [3.63, 3.8) is 0 Å². The standard InChI is InChI=1S/C20H26N4O4/c1-22-20(26)24(14-4-5-14)18(21-22)13-8-10-23(11-9-13)19(25)16-7-6-15(27-2)12-17(16)28-3/h6-7,12-14H,4-5,8-11H2,1-3H3. The molecule has 28 heavy (non-hydrogen) atoms. The molecular formula is C20H26N4O4. The van der Waals surface area contributed by atoms with Crippen LogP contribution in [0.25, 0.3) is 0 Å². The molecule has 0 radical (unpaired) electrons. The summed E-state index contributed by atoms with van der Waals surface area (Å²) in [5.41, 5.74) is 0.508. The second kappa shape index (κ2) is 7.33. The maximum absolute atomic E-state index is 13.0. The summed E-state index contributed by atoms with van der Waals surface area (Å²) in [6, 6.07) is 5.54. The van der Waals surface area contributed by atoms with Crippen LogP contribution in [0, 0.1) is 0 Å². The predicted molar refractivity (Wildman–Crippen MR) is 103 cm³/mol. The molecular weight excluding hydrogens is 360 g/mol. The molecule has 1 saturated heterocycles. The van der Waals surface area contributed by atoms with Crippen LogP contribution in [0.2, 0.25) is 0 Å². The highest BCUT2D eigenvalue weighted by Gasteiger charge is 2.34. The van der Waals surface area contributed by atoms with Gasteiger partial charge in [0.15, 0.2) is 0 Å². The molecule has 0 spiro atoms. The molecule has 8 nitrogen and oxygen atoms in total. The number of aryl methyl sites for hydroxylation is 1. The molecule has 0 atom stereocenters. The van der Waals surface area contributed by atoms with Gasteiger partial charge >= 0.3 is 5.69 Å². The zero-order valence-corrected chi connectivity index (χ0v) is 16.6. The van der Waals surface area contributed by atoms with Crippen LogP contribution in [0.15, 0.2) is 23.0 Å². The van der Waals surface area contributed by atoms with Crippen LogP contribution < -0.4 is 15.2 Å². The number of methoxy groups -OCH3 is 2. The molecule has 2 fully saturated rings. The van der Waals surface area contributed by atoms with E-state index in [1.54, 1.807) is 39.5 Å². The van der Waals surface area contributed by atoms with Gasteiger partial charge in [0.25, 0.3) is 5.91 Å². The largest absolute Gasteiger partial charge is 0.497 e.